The van der Waals surface area contributed by atoms with Crippen LogP contribution in [0.15, 0.2) is 18.2 Å². The van der Waals surface area contributed by atoms with Crippen molar-refractivity contribution < 1.29 is 8.78 Å². The topological polar surface area (TPSA) is 29.3 Å². The maximum Gasteiger partial charge on any atom is 0.128 e. The van der Waals surface area contributed by atoms with E-state index in [1.165, 1.54) is 12.1 Å². The third-order valence-corrected chi connectivity index (χ3v) is 3.96. The van der Waals surface area contributed by atoms with Gasteiger partial charge in [0, 0.05) is 30.7 Å². The van der Waals surface area contributed by atoms with Gasteiger partial charge in [-0.05, 0) is 37.5 Å². The molecule has 1 aromatic rings. The van der Waals surface area contributed by atoms with Gasteiger partial charge in [0.1, 0.15) is 11.6 Å². The smallest absolute Gasteiger partial charge is 0.128 e. The van der Waals surface area contributed by atoms with Crippen molar-refractivity contribution in [3.05, 3.63) is 35.4 Å². The summed E-state index contributed by atoms with van der Waals surface area (Å²) >= 11 is 0. The molecular weight excluding hydrogens is 234 g/mol. The minimum atomic E-state index is -0.389. The first-order chi connectivity index (χ1) is 8.49. The maximum atomic E-state index is 13.7. The Morgan fingerprint density at radius 3 is 2.78 bits per heavy atom. The summed E-state index contributed by atoms with van der Waals surface area (Å²) in [5, 5.41) is 0. The van der Waals surface area contributed by atoms with Crippen LogP contribution in [0.2, 0.25) is 0 Å². The second-order valence-electron chi connectivity index (χ2n) is 5.27. The Hall–Kier alpha value is -1.00. The van der Waals surface area contributed by atoms with Gasteiger partial charge in [0.05, 0.1) is 0 Å². The van der Waals surface area contributed by atoms with Gasteiger partial charge in [-0.1, -0.05) is 6.92 Å². The Kier molecular flexibility index (Phi) is 3.97. The molecule has 2 N–H and O–H groups in total. The molecule has 0 aliphatic carbocycles. The van der Waals surface area contributed by atoms with Crippen LogP contribution in [0.4, 0.5) is 8.78 Å². The van der Waals surface area contributed by atoms with E-state index in [2.05, 4.69) is 11.8 Å². The summed E-state index contributed by atoms with van der Waals surface area (Å²) in [5.41, 5.74) is 6.40. The summed E-state index contributed by atoms with van der Waals surface area (Å²) in [4.78, 5) is 2.17. The van der Waals surface area contributed by atoms with Crippen LogP contribution in [-0.4, -0.2) is 24.0 Å². The van der Waals surface area contributed by atoms with Crippen LogP contribution in [-0.2, 0) is 0 Å². The van der Waals surface area contributed by atoms with Crippen LogP contribution in [0, 0.1) is 17.6 Å². The van der Waals surface area contributed by atoms with Crippen molar-refractivity contribution in [2.75, 3.05) is 13.1 Å². The van der Waals surface area contributed by atoms with Gasteiger partial charge in [-0.15, -0.1) is 0 Å². The Morgan fingerprint density at radius 2 is 2.11 bits per heavy atom. The third-order valence-electron chi connectivity index (χ3n) is 3.96. The SMILES string of the molecule is CC1CN(C(C)c2cc(F)ccc2F)CCC1N. The molecule has 0 bridgehead atoms. The molecular formula is C14H20F2N2. The number of nitrogens with zero attached hydrogens (tertiary/aromatic N) is 1. The Morgan fingerprint density at radius 1 is 1.39 bits per heavy atom. The lowest BCUT2D eigenvalue weighted by Crippen LogP contribution is -2.46. The highest BCUT2D eigenvalue weighted by Gasteiger charge is 2.27. The van der Waals surface area contributed by atoms with Gasteiger partial charge in [0.2, 0.25) is 0 Å². The van der Waals surface area contributed by atoms with Gasteiger partial charge in [-0.3, -0.25) is 4.90 Å². The molecule has 100 valence electrons. The van der Waals surface area contributed by atoms with E-state index in [0.29, 0.717) is 11.5 Å². The van der Waals surface area contributed by atoms with Crippen LogP contribution in [0.5, 0.6) is 0 Å². The predicted molar refractivity (Wildman–Crippen MR) is 68.1 cm³/mol. The molecule has 3 unspecified atom stereocenters. The Balaban J connectivity index is 2.16. The Bertz CT molecular complexity index is 422. The lowest BCUT2D eigenvalue weighted by Gasteiger charge is -2.38. The zero-order valence-corrected chi connectivity index (χ0v) is 10.9. The van der Waals surface area contributed by atoms with Gasteiger partial charge in [0.25, 0.3) is 0 Å². The van der Waals surface area contributed by atoms with Gasteiger partial charge in [0.15, 0.2) is 0 Å². The second-order valence-corrected chi connectivity index (χ2v) is 5.27. The molecule has 2 nitrogen and oxygen atoms in total. The first-order valence-corrected chi connectivity index (χ1v) is 6.43. The van der Waals surface area contributed by atoms with Gasteiger partial charge >= 0.3 is 0 Å². The maximum absolute atomic E-state index is 13.7. The molecule has 2 rings (SSSR count). The van der Waals surface area contributed by atoms with Crippen LogP contribution in [0.3, 0.4) is 0 Å². The normalized spacial score (nSPS) is 27.2. The highest BCUT2D eigenvalue weighted by molar-refractivity contribution is 5.22. The molecule has 0 spiro atoms. The fourth-order valence-electron chi connectivity index (χ4n) is 2.58. The molecule has 1 saturated heterocycles. The van der Waals surface area contributed by atoms with E-state index in [4.69, 9.17) is 5.73 Å². The average molecular weight is 254 g/mol. The summed E-state index contributed by atoms with van der Waals surface area (Å²) < 4.78 is 26.9. The van der Waals surface area contributed by atoms with Crippen molar-refractivity contribution in [1.29, 1.82) is 0 Å². The van der Waals surface area contributed by atoms with Gasteiger partial charge < -0.3 is 5.73 Å². The van der Waals surface area contributed by atoms with Gasteiger partial charge in [-0.2, -0.15) is 0 Å². The zero-order chi connectivity index (χ0) is 13.3. The molecule has 0 radical (unpaired) electrons. The lowest BCUT2D eigenvalue weighted by molar-refractivity contribution is 0.122. The number of rotatable bonds is 2. The van der Waals surface area contributed by atoms with Crippen molar-refractivity contribution in [1.82, 2.24) is 4.90 Å². The third kappa shape index (κ3) is 2.70. The number of piperidine rings is 1. The number of likely N-dealkylation sites (tertiary alicyclic amines) is 1. The number of hydrogen-bond donors (Lipinski definition) is 1. The summed E-state index contributed by atoms with van der Waals surface area (Å²) in [5.74, 6) is -0.343. The fourth-order valence-corrected chi connectivity index (χ4v) is 2.58. The largest absolute Gasteiger partial charge is 0.327 e. The molecule has 18 heavy (non-hydrogen) atoms. The van der Waals surface area contributed by atoms with E-state index >= 15 is 0 Å². The molecule has 1 fully saturated rings. The molecule has 1 aromatic carbocycles. The number of hydrogen-bond acceptors (Lipinski definition) is 2. The summed E-state index contributed by atoms with van der Waals surface area (Å²) in [6, 6.07) is 3.74. The van der Waals surface area contributed by atoms with Crippen molar-refractivity contribution in [3.63, 3.8) is 0 Å². The molecule has 0 amide bonds. The summed E-state index contributed by atoms with van der Waals surface area (Å²) in [6.45, 7) is 5.69. The van der Waals surface area contributed by atoms with Crippen molar-refractivity contribution >= 4 is 0 Å². The van der Waals surface area contributed by atoms with Gasteiger partial charge in [-0.25, -0.2) is 8.78 Å². The van der Waals surface area contributed by atoms with E-state index in [-0.39, 0.29) is 23.7 Å². The van der Waals surface area contributed by atoms with Crippen LogP contribution in [0.1, 0.15) is 31.9 Å². The first-order valence-electron chi connectivity index (χ1n) is 6.43. The quantitative estimate of drug-likeness (QED) is 0.879. The number of benzene rings is 1. The molecule has 0 saturated carbocycles. The monoisotopic (exact) mass is 254 g/mol. The van der Waals surface area contributed by atoms with Crippen molar-refractivity contribution in [2.24, 2.45) is 11.7 Å². The minimum Gasteiger partial charge on any atom is -0.327 e. The lowest BCUT2D eigenvalue weighted by atomic mass is 9.92. The van der Waals surface area contributed by atoms with Crippen LogP contribution >= 0.6 is 0 Å². The van der Waals surface area contributed by atoms with E-state index in [1.807, 2.05) is 6.92 Å². The average Bonchev–Trinajstić information content (AvgIpc) is 2.35. The fraction of sp³-hybridized carbons (Fsp3) is 0.571. The van der Waals surface area contributed by atoms with E-state index < -0.39 is 0 Å². The summed E-state index contributed by atoms with van der Waals surface area (Å²) in [7, 11) is 0. The molecule has 1 heterocycles. The standard InChI is InChI=1S/C14H20F2N2/c1-9-8-18(6-5-14(9)17)10(2)12-7-11(15)3-4-13(12)16/h3-4,7,9-10,14H,5-6,8,17H2,1-2H3. The summed E-state index contributed by atoms with van der Waals surface area (Å²) in [6.07, 6.45) is 0.905. The Labute approximate surface area is 107 Å². The second kappa shape index (κ2) is 5.33. The molecule has 0 aromatic heterocycles. The van der Waals surface area contributed by atoms with Crippen molar-refractivity contribution in [2.45, 2.75) is 32.4 Å². The van der Waals surface area contributed by atoms with E-state index in [9.17, 15) is 8.78 Å². The van der Waals surface area contributed by atoms with Crippen LogP contribution in [0.25, 0.3) is 0 Å². The minimum absolute atomic E-state index is 0.115. The molecule has 1 aliphatic rings. The van der Waals surface area contributed by atoms with Crippen LogP contribution < -0.4 is 5.73 Å². The molecule has 4 heteroatoms. The predicted octanol–water partition coefficient (Wildman–Crippen LogP) is 2.69. The highest BCUT2D eigenvalue weighted by atomic mass is 19.1. The number of halogens is 2. The molecule has 1 aliphatic heterocycles. The zero-order valence-electron chi connectivity index (χ0n) is 10.9. The van der Waals surface area contributed by atoms with Crippen molar-refractivity contribution in [3.8, 4) is 0 Å². The molecule has 3 atom stereocenters. The van der Waals surface area contributed by atoms with E-state index in [1.54, 1.807) is 0 Å². The number of nitrogens with two attached hydrogens (primary N) is 1. The first kappa shape index (κ1) is 13.4. The highest BCUT2D eigenvalue weighted by Crippen LogP contribution is 2.28. The van der Waals surface area contributed by atoms with E-state index in [0.717, 1.165) is 25.6 Å².